The van der Waals surface area contributed by atoms with Gasteiger partial charge < -0.3 is 14.4 Å². The van der Waals surface area contributed by atoms with Crippen molar-refractivity contribution < 1.29 is 14.4 Å². The maximum absolute atomic E-state index is 12.4. The van der Waals surface area contributed by atoms with Crippen molar-refractivity contribution in [1.82, 2.24) is 0 Å². The first-order valence-corrected chi connectivity index (χ1v) is 9.66. The number of nitrogens with one attached hydrogen (secondary N) is 1. The monoisotopic (exact) mass is 364 g/mol. The van der Waals surface area contributed by atoms with E-state index in [2.05, 4.69) is 6.92 Å². The van der Waals surface area contributed by atoms with Gasteiger partial charge in [0.15, 0.2) is 5.58 Å². The Labute approximate surface area is 153 Å². The predicted molar refractivity (Wildman–Crippen MR) is 101 cm³/mol. The van der Waals surface area contributed by atoms with Gasteiger partial charge in [0.25, 0.3) is 0 Å². The predicted octanol–water partition coefficient (Wildman–Crippen LogP) is 3.37. The minimum absolute atomic E-state index is 0.0499. The number of fused-ring (bicyclic) bond motifs is 1. The second kappa shape index (κ2) is 7.38. The van der Waals surface area contributed by atoms with E-state index < -0.39 is 0 Å². The van der Waals surface area contributed by atoms with E-state index in [1.54, 1.807) is 6.07 Å². The summed E-state index contributed by atoms with van der Waals surface area (Å²) in [5, 5.41) is 11.7. The molecule has 0 saturated carbocycles. The number of phenols is 1. The van der Waals surface area contributed by atoms with E-state index in [0.29, 0.717) is 40.7 Å². The van der Waals surface area contributed by atoms with Gasteiger partial charge in [-0.2, -0.15) is 0 Å². The number of piperidine rings is 1. The number of aryl methyl sites for hydroxylation is 1. The van der Waals surface area contributed by atoms with Crippen LogP contribution in [-0.2, 0) is 13.0 Å². The highest BCUT2D eigenvalue weighted by Crippen LogP contribution is 2.35. The van der Waals surface area contributed by atoms with Gasteiger partial charge in [0.05, 0.1) is 23.2 Å². The molecule has 1 fully saturated rings. The van der Waals surface area contributed by atoms with Crippen molar-refractivity contribution in [3.8, 4) is 5.75 Å². The molecule has 1 aromatic heterocycles. The van der Waals surface area contributed by atoms with Crippen LogP contribution in [0.5, 0.6) is 5.75 Å². The molecule has 1 aromatic carbocycles. The van der Waals surface area contributed by atoms with Crippen molar-refractivity contribution >= 4 is 22.6 Å². The Hall–Kier alpha value is -1.52. The molecular weight excluding hydrogens is 338 g/mol. The van der Waals surface area contributed by atoms with Gasteiger partial charge in [0.2, 0.25) is 0 Å². The summed E-state index contributed by atoms with van der Waals surface area (Å²) in [4.78, 5) is 13.8. The summed E-state index contributed by atoms with van der Waals surface area (Å²) in [6.45, 7) is 7.79. The lowest BCUT2D eigenvalue weighted by Gasteiger charge is -2.32. The minimum atomic E-state index is -0.309. The van der Waals surface area contributed by atoms with Gasteiger partial charge in [-0.15, -0.1) is 0 Å². The van der Waals surface area contributed by atoms with Crippen LogP contribution in [0.4, 0.5) is 0 Å². The van der Waals surface area contributed by atoms with Crippen LogP contribution >= 0.6 is 11.6 Å². The number of rotatable bonds is 4. The minimum Gasteiger partial charge on any atom is -0.506 e. The average Bonchev–Trinajstić information content (AvgIpc) is 2.61. The molecule has 0 aliphatic carbocycles. The third kappa shape index (κ3) is 3.30. The van der Waals surface area contributed by atoms with Gasteiger partial charge in [0.1, 0.15) is 12.3 Å². The van der Waals surface area contributed by atoms with E-state index in [9.17, 15) is 9.90 Å². The molecule has 0 bridgehead atoms. The molecule has 4 nitrogen and oxygen atoms in total. The zero-order chi connectivity index (χ0) is 18.1. The van der Waals surface area contributed by atoms with E-state index in [-0.39, 0.29) is 11.4 Å². The molecule has 2 aromatic rings. The number of quaternary nitrogens is 1. The Morgan fingerprint density at radius 1 is 1.32 bits per heavy atom. The van der Waals surface area contributed by atoms with Crippen molar-refractivity contribution in [2.45, 2.75) is 65.5 Å². The SMILES string of the molecule is CCc1c(C)c2cc(Cl)c(O)c(C[NH+]3CCCC[C@@H]3CC)c2oc1=O. The summed E-state index contributed by atoms with van der Waals surface area (Å²) in [5.41, 5.74) is 2.43. The summed E-state index contributed by atoms with van der Waals surface area (Å²) in [5.74, 6) is 0.0499. The second-order valence-corrected chi connectivity index (χ2v) is 7.50. The fourth-order valence-corrected chi connectivity index (χ4v) is 4.44. The number of halogens is 1. The molecule has 0 spiro atoms. The van der Waals surface area contributed by atoms with E-state index in [0.717, 1.165) is 23.9 Å². The Morgan fingerprint density at radius 3 is 2.76 bits per heavy atom. The van der Waals surface area contributed by atoms with Crippen molar-refractivity contribution in [2.75, 3.05) is 6.54 Å². The summed E-state index contributed by atoms with van der Waals surface area (Å²) >= 11 is 6.31. The third-order valence-corrected chi connectivity index (χ3v) is 6.02. The number of benzene rings is 1. The molecule has 136 valence electrons. The number of phenolic OH excluding ortho intramolecular Hbond substituents is 1. The highest BCUT2D eigenvalue weighted by molar-refractivity contribution is 6.33. The lowest BCUT2D eigenvalue weighted by atomic mass is 9.97. The molecule has 0 amide bonds. The van der Waals surface area contributed by atoms with Crippen LogP contribution in [-0.4, -0.2) is 17.7 Å². The molecule has 2 heterocycles. The first kappa shape index (κ1) is 18.3. The van der Waals surface area contributed by atoms with Crippen molar-refractivity contribution in [3.63, 3.8) is 0 Å². The molecule has 1 unspecified atom stereocenters. The largest absolute Gasteiger partial charge is 0.506 e. The molecule has 1 aliphatic rings. The Kier molecular flexibility index (Phi) is 5.40. The van der Waals surface area contributed by atoms with Gasteiger partial charge >= 0.3 is 5.63 Å². The van der Waals surface area contributed by atoms with E-state index in [4.69, 9.17) is 16.0 Å². The number of likely N-dealkylation sites (tertiary alicyclic amines) is 1. The summed E-state index contributed by atoms with van der Waals surface area (Å²) < 4.78 is 5.65. The quantitative estimate of drug-likeness (QED) is 0.818. The van der Waals surface area contributed by atoms with Gasteiger partial charge in [-0.25, -0.2) is 4.79 Å². The Bertz CT molecular complexity index is 843. The highest BCUT2D eigenvalue weighted by atomic mass is 35.5. The fourth-order valence-electron chi connectivity index (χ4n) is 4.22. The van der Waals surface area contributed by atoms with Crippen molar-refractivity contribution in [3.05, 3.63) is 38.2 Å². The average molecular weight is 365 g/mol. The van der Waals surface area contributed by atoms with Crippen LogP contribution < -0.4 is 10.5 Å². The molecule has 1 saturated heterocycles. The maximum atomic E-state index is 12.4. The Balaban J connectivity index is 2.16. The van der Waals surface area contributed by atoms with Crippen LogP contribution in [0.15, 0.2) is 15.3 Å². The zero-order valence-corrected chi connectivity index (χ0v) is 16.0. The third-order valence-electron chi connectivity index (χ3n) is 5.73. The van der Waals surface area contributed by atoms with Crippen LogP contribution in [0.3, 0.4) is 0 Å². The standard InChI is InChI=1S/C20H26ClNO3/c1-4-13-8-6-7-9-22(13)11-16-18(23)17(21)10-15-12(3)14(5-2)20(24)25-19(15)16/h10,13,23H,4-9,11H2,1-3H3/p+1/t13-/m0/s1. The molecule has 0 radical (unpaired) electrons. The molecule has 25 heavy (non-hydrogen) atoms. The van der Waals surface area contributed by atoms with Gasteiger partial charge in [-0.1, -0.05) is 25.4 Å². The molecular formula is C20H27ClNO3+. The normalized spacial score (nSPS) is 21.0. The number of hydrogen-bond acceptors (Lipinski definition) is 3. The first-order chi connectivity index (χ1) is 12.0. The van der Waals surface area contributed by atoms with Gasteiger partial charge in [0, 0.05) is 10.9 Å². The van der Waals surface area contributed by atoms with Crippen LogP contribution in [0.1, 0.15) is 56.2 Å². The number of aromatic hydroxyl groups is 1. The zero-order valence-electron chi connectivity index (χ0n) is 15.2. The maximum Gasteiger partial charge on any atom is 0.339 e. The second-order valence-electron chi connectivity index (χ2n) is 7.09. The molecule has 3 rings (SSSR count). The highest BCUT2D eigenvalue weighted by Gasteiger charge is 2.28. The lowest BCUT2D eigenvalue weighted by Crippen LogP contribution is -3.15. The van der Waals surface area contributed by atoms with Gasteiger partial charge in [-0.3, -0.25) is 0 Å². The molecule has 1 aliphatic heterocycles. The summed E-state index contributed by atoms with van der Waals surface area (Å²) in [6.07, 6.45) is 5.38. The Morgan fingerprint density at radius 2 is 2.08 bits per heavy atom. The van der Waals surface area contributed by atoms with E-state index >= 15 is 0 Å². The van der Waals surface area contributed by atoms with Crippen LogP contribution in [0.2, 0.25) is 5.02 Å². The smallest absolute Gasteiger partial charge is 0.339 e. The van der Waals surface area contributed by atoms with E-state index in [1.165, 1.54) is 24.2 Å². The van der Waals surface area contributed by atoms with Crippen LogP contribution in [0.25, 0.3) is 11.0 Å². The summed E-state index contributed by atoms with van der Waals surface area (Å²) in [7, 11) is 0. The molecule has 2 atom stereocenters. The first-order valence-electron chi connectivity index (χ1n) is 9.29. The molecule has 2 N–H and O–H groups in total. The van der Waals surface area contributed by atoms with Crippen LogP contribution in [0, 0.1) is 6.92 Å². The number of hydrogen-bond donors (Lipinski definition) is 2. The van der Waals surface area contributed by atoms with E-state index in [1.807, 2.05) is 13.8 Å². The fraction of sp³-hybridized carbons (Fsp3) is 0.550. The summed E-state index contributed by atoms with van der Waals surface area (Å²) in [6, 6.07) is 2.29. The van der Waals surface area contributed by atoms with Crippen molar-refractivity contribution in [2.24, 2.45) is 0 Å². The lowest BCUT2D eigenvalue weighted by molar-refractivity contribution is -0.944. The van der Waals surface area contributed by atoms with Gasteiger partial charge in [-0.05, 0) is 50.7 Å². The molecule has 5 heteroatoms. The topological polar surface area (TPSA) is 54.9 Å². The van der Waals surface area contributed by atoms with Crippen molar-refractivity contribution in [1.29, 1.82) is 0 Å².